The summed E-state index contributed by atoms with van der Waals surface area (Å²) in [7, 11) is 0. The van der Waals surface area contributed by atoms with Crippen LogP contribution >= 0.6 is 0 Å². The predicted molar refractivity (Wildman–Crippen MR) is 91.2 cm³/mol. The van der Waals surface area contributed by atoms with Crippen LogP contribution in [0.15, 0.2) is 6.07 Å². The third kappa shape index (κ3) is 3.61. The summed E-state index contributed by atoms with van der Waals surface area (Å²) in [6.07, 6.45) is 5.21. The molecule has 2 bridgehead atoms. The number of H-pyrrole nitrogens is 1. The molecule has 0 aromatic carbocycles. The zero-order valence-corrected chi connectivity index (χ0v) is 14.3. The smallest absolute Gasteiger partial charge is 0.244 e. The van der Waals surface area contributed by atoms with Gasteiger partial charge in [-0.25, -0.2) is 0 Å². The molecule has 24 heavy (non-hydrogen) atoms. The van der Waals surface area contributed by atoms with Crippen molar-refractivity contribution in [3.63, 3.8) is 0 Å². The maximum atomic E-state index is 11.9. The van der Waals surface area contributed by atoms with Crippen LogP contribution in [0.25, 0.3) is 0 Å². The second-order valence-electron chi connectivity index (χ2n) is 7.53. The first-order chi connectivity index (χ1) is 11.4. The van der Waals surface area contributed by atoms with Gasteiger partial charge >= 0.3 is 0 Å². The van der Waals surface area contributed by atoms with Crippen LogP contribution in [0, 0.1) is 17.8 Å². The molecule has 1 heterocycles. The molecule has 2 amide bonds. The van der Waals surface area contributed by atoms with Crippen molar-refractivity contribution in [2.24, 2.45) is 23.5 Å². The number of rotatable bonds is 6. The van der Waals surface area contributed by atoms with Crippen molar-refractivity contribution in [1.82, 2.24) is 15.5 Å². The third-order valence-electron chi connectivity index (χ3n) is 5.45. The van der Waals surface area contributed by atoms with Crippen LogP contribution in [-0.2, 0) is 9.59 Å². The number of fused-ring (bicyclic) bond motifs is 2. The number of nitrogens with one attached hydrogen (secondary N) is 3. The van der Waals surface area contributed by atoms with Crippen LogP contribution in [0.5, 0.6) is 0 Å². The lowest BCUT2D eigenvalue weighted by Gasteiger charge is -2.19. The second-order valence-corrected chi connectivity index (χ2v) is 7.53. The van der Waals surface area contributed by atoms with E-state index in [4.69, 9.17) is 5.73 Å². The van der Waals surface area contributed by atoms with Gasteiger partial charge in [-0.2, -0.15) is 5.10 Å². The van der Waals surface area contributed by atoms with Crippen LogP contribution in [0.2, 0.25) is 0 Å². The number of nitrogens with zero attached hydrogens (tertiary/aromatic N) is 1. The Bertz CT molecular complexity index is 612. The number of nitrogens with two attached hydrogens (primary N) is 1. The minimum Gasteiger partial charge on any atom is -0.346 e. The fraction of sp³-hybridized carbons (Fsp3) is 0.706. The molecule has 4 atom stereocenters. The number of aromatic nitrogens is 2. The highest BCUT2D eigenvalue weighted by Gasteiger charge is 2.40. The van der Waals surface area contributed by atoms with E-state index in [1.54, 1.807) is 0 Å². The standard InChI is InChI=1S/C17H27N5O2/c1-9(2)16(18)17(24)19-8-15(23)20-14-7-13(21-22-14)12-6-10-3-4-11(12)5-10/h7,9-12,16H,3-6,8,18H2,1-2H3,(H,19,24)(H2,20,21,22,23)/t10?,11?,12?,16-/m0/s1. The summed E-state index contributed by atoms with van der Waals surface area (Å²) in [6, 6.07) is 1.32. The van der Waals surface area contributed by atoms with E-state index in [0.29, 0.717) is 11.7 Å². The van der Waals surface area contributed by atoms with E-state index < -0.39 is 6.04 Å². The fourth-order valence-electron chi connectivity index (χ4n) is 3.99. The molecule has 7 nitrogen and oxygen atoms in total. The fourth-order valence-corrected chi connectivity index (χ4v) is 3.99. The van der Waals surface area contributed by atoms with Gasteiger partial charge in [0.05, 0.1) is 12.6 Å². The van der Waals surface area contributed by atoms with Crippen molar-refractivity contribution in [2.75, 3.05) is 11.9 Å². The molecule has 0 radical (unpaired) electrons. The number of hydrogen-bond acceptors (Lipinski definition) is 4. The Morgan fingerprint density at radius 1 is 1.38 bits per heavy atom. The third-order valence-corrected chi connectivity index (χ3v) is 5.45. The largest absolute Gasteiger partial charge is 0.346 e. The molecule has 2 aliphatic rings. The molecule has 5 N–H and O–H groups in total. The van der Waals surface area contributed by atoms with E-state index in [1.165, 1.54) is 25.7 Å². The van der Waals surface area contributed by atoms with Crippen LogP contribution in [-0.4, -0.2) is 34.6 Å². The molecule has 1 aromatic heterocycles. The monoisotopic (exact) mass is 333 g/mol. The van der Waals surface area contributed by atoms with Crippen molar-refractivity contribution in [1.29, 1.82) is 0 Å². The number of amides is 2. The first-order valence-electron chi connectivity index (χ1n) is 8.82. The van der Waals surface area contributed by atoms with Gasteiger partial charge in [0.25, 0.3) is 0 Å². The molecule has 3 unspecified atom stereocenters. The number of hydrogen-bond donors (Lipinski definition) is 4. The van der Waals surface area contributed by atoms with Gasteiger partial charge in [-0.1, -0.05) is 20.3 Å². The summed E-state index contributed by atoms with van der Waals surface area (Å²) >= 11 is 0. The number of aromatic amines is 1. The quantitative estimate of drug-likeness (QED) is 0.629. The Morgan fingerprint density at radius 2 is 2.17 bits per heavy atom. The van der Waals surface area contributed by atoms with Crippen molar-refractivity contribution >= 4 is 17.6 Å². The molecule has 132 valence electrons. The SMILES string of the molecule is CC(C)[C@H](N)C(=O)NCC(=O)Nc1cc(C2CC3CCC2C3)[nH]n1. The summed E-state index contributed by atoms with van der Waals surface area (Å²) in [4.78, 5) is 23.7. The average molecular weight is 333 g/mol. The summed E-state index contributed by atoms with van der Waals surface area (Å²) in [6.45, 7) is 3.63. The lowest BCUT2D eigenvalue weighted by Crippen LogP contribution is -2.46. The Kier molecular flexibility index (Phi) is 4.89. The lowest BCUT2D eigenvalue weighted by molar-refractivity contribution is -0.125. The first-order valence-corrected chi connectivity index (χ1v) is 8.82. The Labute approximate surface area is 142 Å². The summed E-state index contributed by atoms with van der Waals surface area (Å²) in [5.74, 6) is 2.10. The van der Waals surface area contributed by atoms with Gasteiger partial charge < -0.3 is 16.4 Å². The molecule has 2 fully saturated rings. The maximum Gasteiger partial charge on any atom is 0.244 e. The van der Waals surface area contributed by atoms with Crippen molar-refractivity contribution in [3.8, 4) is 0 Å². The Hall–Kier alpha value is -1.89. The predicted octanol–water partition coefficient (Wildman–Crippen LogP) is 1.35. The molecule has 0 spiro atoms. The maximum absolute atomic E-state index is 11.9. The zero-order valence-electron chi connectivity index (χ0n) is 14.3. The molecule has 1 aromatic rings. The number of carbonyl (C=O) groups excluding carboxylic acids is 2. The van der Waals surface area contributed by atoms with E-state index in [9.17, 15) is 9.59 Å². The highest BCUT2D eigenvalue weighted by Crippen LogP contribution is 2.52. The zero-order chi connectivity index (χ0) is 17.3. The minimum atomic E-state index is -0.604. The minimum absolute atomic E-state index is 0.0312. The Morgan fingerprint density at radius 3 is 2.79 bits per heavy atom. The van der Waals surface area contributed by atoms with E-state index in [1.807, 2.05) is 19.9 Å². The van der Waals surface area contributed by atoms with E-state index >= 15 is 0 Å². The van der Waals surface area contributed by atoms with Gasteiger partial charge in [0, 0.05) is 17.7 Å². The van der Waals surface area contributed by atoms with Crippen molar-refractivity contribution in [3.05, 3.63) is 11.8 Å². The molecule has 7 heteroatoms. The molecule has 3 rings (SSSR count). The van der Waals surface area contributed by atoms with Gasteiger partial charge in [0.1, 0.15) is 0 Å². The van der Waals surface area contributed by atoms with Crippen molar-refractivity contribution in [2.45, 2.75) is 51.5 Å². The van der Waals surface area contributed by atoms with E-state index in [0.717, 1.165) is 17.5 Å². The molecule has 2 aliphatic carbocycles. The summed E-state index contributed by atoms with van der Waals surface area (Å²) < 4.78 is 0. The van der Waals surface area contributed by atoms with E-state index in [-0.39, 0.29) is 24.3 Å². The van der Waals surface area contributed by atoms with Crippen LogP contribution in [0.1, 0.15) is 51.1 Å². The molecular weight excluding hydrogens is 306 g/mol. The molecule has 0 aliphatic heterocycles. The van der Waals surface area contributed by atoms with Crippen LogP contribution < -0.4 is 16.4 Å². The summed E-state index contributed by atoms with van der Waals surface area (Å²) in [5.41, 5.74) is 6.85. The average Bonchev–Trinajstić information content (AvgIpc) is 3.27. The van der Waals surface area contributed by atoms with Crippen molar-refractivity contribution < 1.29 is 9.59 Å². The highest BCUT2D eigenvalue weighted by atomic mass is 16.2. The van der Waals surface area contributed by atoms with Gasteiger partial charge in [-0.15, -0.1) is 0 Å². The summed E-state index contributed by atoms with van der Waals surface area (Å²) in [5, 5.41) is 12.5. The Balaban J connectivity index is 1.48. The lowest BCUT2D eigenvalue weighted by atomic mass is 9.86. The van der Waals surface area contributed by atoms with Gasteiger partial charge in [-0.3, -0.25) is 14.7 Å². The number of carbonyl (C=O) groups is 2. The van der Waals surface area contributed by atoms with E-state index in [2.05, 4.69) is 20.8 Å². The van der Waals surface area contributed by atoms with Crippen LogP contribution in [0.4, 0.5) is 5.82 Å². The van der Waals surface area contributed by atoms with Gasteiger partial charge in [-0.05, 0) is 37.0 Å². The molecular formula is C17H27N5O2. The highest BCUT2D eigenvalue weighted by molar-refractivity contribution is 5.94. The normalized spacial score (nSPS) is 26.6. The second kappa shape index (κ2) is 6.93. The molecule has 2 saturated carbocycles. The van der Waals surface area contributed by atoms with Gasteiger partial charge in [0.15, 0.2) is 5.82 Å². The van der Waals surface area contributed by atoms with Crippen LogP contribution in [0.3, 0.4) is 0 Å². The topological polar surface area (TPSA) is 113 Å². The first kappa shape index (κ1) is 17.0. The van der Waals surface area contributed by atoms with Gasteiger partial charge in [0.2, 0.25) is 11.8 Å². The number of anilines is 1. The molecule has 0 saturated heterocycles.